The Hall–Kier alpha value is -1.98. The van der Waals surface area contributed by atoms with Crippen LogP contribution in [0.1, 0.15) is 40.2 Å². The number of carbonyl (C=O) groups excluding carboxylic acids is 1. The first kappa shape index (κ1) is 18.8. The number of hydrogen-bond acceptors (Lipinski definition) is 3. The van der Waals surface area contributed by atoms with Crippen LogP contribution in [0, 0.1) is 19.7 Å². The molecule has 0 spiro atoms. The minimum atomic E-state index is -0.236. The van der Waals surface area contributed by atoms with Crippen LogP contribution >= 0.6 is 0 Å². The van der Waals surface area contributed by atoms with Crippen molar-refractivity contribution < 1.29 is 13.9 Å². The highest BCUT2D eigenvalue weighted by molar-refractivity contribution is 5.99. The van der Waals surface area contributed by atoms with Crippen molar-refractivity contribution in [1.29, 1.82) is 0 Å². The Morgan fingerprint density at radius 1 is 1.31 bits per heavy atom. The van der Waals surface area contributed by atoms with Crippen LogP contribution in [0.3, 0.4) is 0 Å². The number of Topliss-reactive ketones (excluding diaryl/α,β-unsaturated/α-hetero) is 1. The topological polar surface area (TPSA) is 34.5 Å². The van der Waals surface area contributed by atoms with Gasteiger partial charge in [0.25, 0.3) is 0 Å². The summed E-state index contributed by atoms with van der Waals surface area (Å²) in [4.78, 5) is 14.8. The SMILES string of the molecule is Cc1cc(C(=O)CN(C)CC2CCCO2)c(C)n1Cc1ccc(F)cc1. The number of halogens is 1. The largest absolute Gasteiger partial charge is 0.377 e. The molecule has 1 unspecified atom stereocenters. The van der Waals surface area contributed by atoms with Gasteiger partial charge in [-0.3, -0.25) is 9.69 Å². The van der Waals surface area contributed by atoms with Gasteiger partial charge < -0.3 is 9.30 Å². The molecule has 1 fully saturated rings. The number of aromatic nitrogens is 1. The lowest BCUT2D eigenvalue weighted by Gasteiger charge is -2.19. The van der Waals surface area contributed by atoms with Gasteiger partial charge in [-0.05, 0) is 57.5 Å². The highest BCUT2D eigenvalue weighted by Gasteiger charge is 2.21. The van der Waals surface area contributed by atoms with Gasteiger partial charge in [0.05, 0.1) is 12.6 Å². The molecule has 26 heavy (non-hydrogen) atoms. The summed E-state index contributed by atoms with van der Waals surface area (Å²) < 4.78 is 20.9. The molecule has 0 saturated carbocycles. The summed E-state index contributed by atoms with van der Waals surface area (Å²) in [6.07, 6.45) is 2.43. The molecule has 1 aliphatic heterocycles. The minimum Gasteiger partial charge on any atom is -0.377 e. The van der Waals surface area contributed by atoms with Crippen molar-refractivity contribution in [2.24, 2.45) is 0 Å². The van der Waals surface area contributed by atoms with E-state index in [1.165, 1.54) is 12.1 Å². The van der Waals surface area contributed by atoms with E-state index in [1.54, 1.807) is 12.1 Å². The first-order valence-corrected chi connectivity index (χ1v) is 9.18. The molecule has 3 rings (SSSR count). The van der Waals surface area contributed by atoms with E-state index in [9.17, 15) is 9.18 Å². The van der Waals surface area contributed by atoms with Crippen molar-refractivity contribution in [2.45, 2.75) is 39.3 Å². The zero-order valence-electron chi connectivity index (χ0n) is 15.8. The molecule has 5 heteroatoms. The van der Waals surface area contributed by atoms with Gasteiger partial charge in [-0.15, -0.1) is 0 Å². The maximum atomic E-state index is 13.1. The maximum absolute atomic E-state index is 13.1. The van der Waals surface area contributed by atoms with E-state index in [2.05, 4.69) is 4.57 Å². The van der Waals surface area contributed by atoms with Gasteiger partial charge in [-0.1, -0.05) is 12.1 Å². The molecule has 0 N–H and O–H groups in total. The Labute approximate surface area is 154 Å². The van der Waals surface area contributed by atoms with E-state index < -0.39 is 0 Å². The molecule has 4 nitrogen and oxygen atoms in total. The fourth-order valence-electron chi connectivity index (χ4n) is 3.63. The Morgan fingerprint density at radius 3 is 2.69 bits per heavy atom. The zero-order valence-corrected chi connectivity index (χ0v) is 15.8. The third kappa shape index (κ3) is 4.40. The van der Waals surface area contributed by atoms with Crippen molar-refractivity contribution >= 4 is 5.78 Å². The van der Waals surface area contributed by atoms with Crippen molar-refractivity contribution in [3.05, 3.63) is 58.7 Å². The number of ether oxygens (including phenoxy) is 1. The highest BCUT2D eigenvalue weighted by Crippen LogP contribution is 2.19. The summed E-state index contributed by atoms with van der Waals surface area (Å²) in [7, 11) is 1.97. The van der Waals surface area contributed by atoms with E-state index in [-0.39, 0.29) is 17.7 Å². The third-order valence-corrected chi connectivity index (χ3v) is 5.08. The predicted octanol–water partition coefficient (Wildman–Crippen LogP) is 3.59. The molecular formula is C21H27FN2O2. The van der Waals surface area contributed by atoms with Crippen molar-refractivity contribution in [3.63, 3.8) is 0 Å². The summed E-state index contributed by atoms with van der Waals surface area (Å²) in [5, 5.41) is 0. The second-order valence-corrected chi connectivity index (χ2v) is 7.25. The molecule has 0 bridgehead atoms. The Balaban J connectivity index is 1.67. The lowest BCUT2D eigenvalue weighted by molar-refractivity contribution is 0.0740. The molecule has 1 aromatic carbocycles. The molecule has 2 aromatic rings. The van der Waals surface area contributed by atoms with Gasteiger partial charge in [0.2, 0.25) is 0 Å². The van der Waals surface area contributed by atoms with Crippen molar-refractivity contribution in [3.8, 4) is 0 Å². The molecule has 1 saturated heterocycles. The number of nitrogens with zero attached hydrogens (tertiary/aromatic N) is 2. The molecule has 0 aliphatic carbocycles. The number of likely N-dealkylation sites (N-methyl/N-ethyl adjacent to an activating group) is 1. The maximum Gasteiger partial charge on any atom is 0.178 e. The van der Waals surface area contributed by atoms with Crippen LogP contribution in [-0.4, -0.2) is 48.1 Å². The number of rotatable bonds is 7. The van der Waals surface area contributed by atoms with E-state index in [1.807, 2.05) is 31.9 Å². The van der Waals surface area contributed by atoms with Crippen LogP contribution in [0.25, 0.3) is 0 Å². The predicted molar refractivity (Wildman–Crippen MR) is 100 cm³/mol. The first-order chi connectivity index (χ1) is 12.4. The molecule has 2 heterocycles. The summed E-state index contributed by atoms with van der Waals surface area (Å²) in [6, 6.07) is 8.46. The van der Waals surface area contributed by atoms with E-state index in [4.69, 9.17) is 4.74 Å². The lowest BCUT2D eigenvalue weighted by atomic mass is 10.1. The molecule has 1 atom stereocenters. The third-order valence-electron chi connectivity index (χ3n) is 5.08. The lowest BCUT2D eigenvalue weighted by Crippen LogP contribution is -2.33. The average molecular weight is 358 g/mol. The summed E-state index contributed by atoms with van der Waals surface area (Å²) >= 11 is 0. The molecule has 0 radical (unpaired) electrons. The molecule has 1 aliphatic rings. The zero-order chi connectivity index (χ0) is 18.7. The fraction of sp³-hybridized carbons (Fsp3) is 0.476. The van der Waals surface area contributed by atoms with Crippen molar-refractivity contribution in [2.75, 3.05) is 26.7 Å². The number of ketones is 1. The van der Waals surface area contributed by atoms with E-state index in [0.29, 0.717) is 13.1 Å². The van der Waals surface area contributed by atoms with Gasteiger partial charge in [-0.2, -0.15) is 0 Å². The first-order valence-electron chi connectivity index (χ1n) is 9.18. The summed E-state index contributed by atoms with van der Waals surface area (Å²) in [5.74, 6) is -0.108. The number of aryl methyl sites for hydroxylation is 1. The molecule has 0 amide bonds. The van der Waals surface area contributed by atoms with Crippen LogP contribution in [0.4, 0.5) is 4.39 Å². The second-order valence-electron chi connectivity index (χ2n) is 7.25. The van der Waals surface area contributed by atoms with Crippen molar-refractivity contribution in [1.82, 2.24) is 9.47 Å². The smallest absolute Gasteiger partial charge is 0.178 e. The van der Waals surface area contributed by atoms with E-state index in [0.717, 1.165) is 48.5 Å². The quantitative estimate of drug-likeness (QED) is 0.710. The van der Waals surface area contributed by atoms with E-state index >= 15 is 0 Å². The van der Waals surface area contributed by atoms with Crippen LogP contribution < -0.4 is 0 Å². The van der Waals surface area contributed by atoms with Gasteiger partial charge in [0, 0.05) is 36.6 Å². The minimum absolute atomic E-state index is 0.129. The number of hydrogen-bond donors (Lipinski definition) is 0. The second kappa shape index (κ2) is 8.14. The standard InChI is InChI=1S/C21H27FN2O2/c1-15-11-20(21(25)14-23(3)13-19-5-4-10-26-19)16(2)24(15)12-17-6-8-18(22)9-7-17/h6-9,11,19H,4-5,10,12-14H2,1-3H3. The Kier molecular flexibility index (Phi) is 5.89. The van der Waals surface area contributed by atoms with Crippen LogP contribution in [0.15, 0.2) is 30.3 Å². The highest BCUT2D eigenvalue weighted by atomic mass is 19.1. The monoisotopic (exact) mass is 358 g/mol. The molecular weight excluding hydrogens is 331 g/mol. The van der Waals surface area contributed by atoms with Crippen LogP contribution in [-0.2, 0) is 11.3 Å². The van der Waals surface area contributed by atoms with Crippen LogP contribution in [0.5, 0.6) is 0 Å². The average Bonchev–Trinajstić information content (AvgIpc) is 3.19. The summed E-state index contributed by atoms with van der Waals surface area (Å²) in [6.45, 7) is 6.63. The normalized spacial score (nSPS) is 17.2. The number of carbonyl (C=O) groups is 1. The fourth-order valence-corrected chi connectivity index (χ4v) is 3.63. The number of benzene rings is 1. The van der Waals surface area contributed by atoms with Gasteiger partial charge >= 0.3 is 0 Å². The Bertz CT molecular complexity index is 761. The molecule has 140 valence electrons. The van der Waals surface area contributed by atoms with Gasteiger partial charge in [0.1, 0.15) is 5.82 Å². The van der Waals surface area contributed by atoms with Gasteiger partial charge in [-0.25, -0.2) is 4.39 Å². The van der Waals surface area contributed by atoms with Crippen LogP contribution in [0.2, 0.25) is 0 Å². The Morgan fingerprint density at radius 2 is 2.04 bits per heavy atom. The molecule has 1 aromatic heterocycles. The van der Waals surface area contributed by atoms with Gasteiger partial charge in [0.15, 0.2) is 5.78 Å². The summed E-state index contributed by atoms with van der Waals surface area (Å²) in [5.41, 5.74) is 3.78.